The van der Waals surface area contributed by atoms with Crippen LogP contribution in [0.3, 0.4) is 0 Å². The van der Waals surface area contributed by atoms with Crippen molar-refractivity contribution in [2.75, 3.05) is 13.6 Å². The van der Waals surface area contributed by atoms with Gasteiger partial charge < -0.3 is 10.2 Å². The van der Waals surface area contributed by atoms with Gasteiger partial charge in [0.25, 0.3) is 11.8 Å². The average molecular weight is 614 g/mol. The largest absolute Gasteiger partial charge is 0.508 e. The van der Waals surface area contributed by atoms with Gasteiger partial charge in [-0.1, -0.05) is 27.6 Å². The molecule has 2 heterocycles. The standard InChI is InChI=1S/C25H23BrCl2N2O7/c1-29-22(36)24(27)10-15-12(19(25(24,28)23(29)37)14-9-11(26)4-7-16(14)31)5-6-13-18(15)21(35)30(20(13)34)8-2-3-17(32)33/h4-5,7,9,13,15,18-19,31H,2-3,6,8,10H2,1H3,(H,32,33)/t13-,15+,18-,19+,24+,25-/m0/s1. The zero-order valence-corrected chi connectivity index (χ0v) is 22.7. The molecule has 2 aliphatic carbocycles. The van der Waals surface area contributed by atoms with Crippen molar-refractivity contribution in [3.05, 3.63) is 39.9 Å². The third kappa shape index (κ3) is 3.51. The Balaban J connectivity index is 1.64. The molecule has 4 aliphatic rings. The summed E-state index contributed by atoms with van der Waals surface area (Å²) < 4.78 is 0.596. The Morgan fingerprint density at radius 3 is 2.51 bits per heavy atom. The smallest absolute Gasteiger partial charge is 0.303 e. The van der Waals surface area contributed by atoms with Crippen LogP contribution in [-0.4, -0.2) is 73.0 Å². The van der Waals surface area contributed by atoms with Gasteiger partial charge in [0, 0.05) is 36.0 Å². The molecule has 1 aromatic rings. The zero-order chi connectivity index (χ0) is 27.0. The molecule has 196 valence electrons. The van der Waals surface area contributed by atoms with Crippen LogP contribution in [-0.2, 0) is 24.0 Å². The first kappa shape index (κ1) is 26.2. The summed E-state index contributed by atoms with van der Waals surface area (Å²) in [6.07, 6.45) is 1.76. The monoisotopic (exact) mass is 612 g/mol. The summed E-state index contributed by atoms with van der Waals surface area (Å²) in [5.74, 6) is -6.74. The quantitative estimate of drug-likeness (QED) is 0.296. The van der Waals surface area contributed by atoms with E-state index in [1.807, 2.05) is 0 Å². The number of hydrogen-bond donors (Lipinski definition) is 2. The van der Waals surface area contributed by atoms with E-state index in [9.17, 15) is 29.1 Å². The number of nitrogens with zero attached hydrogens (tertiary/aromatic N) is 2. The number of carbonyl (C=O) groups is 5. The van der Waals surface area contributed by atoms with Crippen LogP contribution >= 0.6 is 39.1 Å². The number of amides is 4. The number of imide groups is 2. The molecule has 0 aromatic heterocycles. The Morgan fingerprint density at radius 2 is 1.84 bits per heavy atom. The van der Waals surface area contributed by atoms with Gasteiger partial charge in [-0.05, 0) is 43.4 Å². The number of hydrogen-bond acceptors (Lipinski definition) is 6. The van der Waals surface area contributed by atoms with Crippen molar-refractivity contribution in [3.8, 4) is 5.75 Å². The van der Waals surface area contributed by atoms with E-state index in [1.54, 1.807) is 18.2 Å². The number of halogens is 3. The molecule has 0 radical (unpaired) electrons. The fraction of sp³-hybridized carbons (Fsp3) is 0.480. The molecule has 5 rings (SSSR count). The first-order chi connectivity index (χ1) is 17.3. The summed E-state index contributed by atoms with van der Waals surface area (Å²) in [5, 5.41) is 19.8. The number of carboxylic acids is 1. The van der Waals surface area contributed by atoms with E-state index in [2.05, 4.69) is 15.9 Å². The predicted octanol–water partition coefficient (Wildman–Crippen LogP) is 3.01. The van der Waals surface area contributed by atoms with Crippen LogP contribution in [0.2, 0.25) is 0 Å². The van der Waals surface area contributed by atoms with E-state index in [1.165, 1.54) is 13.1 Å². The molecule has 4 amide bonds. The van der Waals surface area contributed by atoms with Crippen molar-refractivity contribution in [2.24, 2.45) is 17.8 Å². The molecule has 0 unspecified atom stereocenters. The first-order valence-electron chi connectivity index (χ1n) is 11.8. The van der Waals surface area contributed by atoms with Crippen LogP contribution in [0.1, 0.15) is 37.2 Å². The molecule has 9 nitrogen and oxygen atoms in total. The second kappa shape index (κ2) is 8.81. The summed E-state index contributed by atoms with van der Waals surface area (Å²) >= 11 is 17.5. The van der Waals surface area contributed by atoms with Crippen molar-refractivity contribution >= 4 is 68.7 Å². The zero-order valence-electron chi connectivity index (χ0n) is 19.6. The topological polar surface area (TPSA) is 132 Å². The third-order valence-electron chi connectivity index (χ3n) is 8.18. The fourth-order valence-corrected chi connectivity index (χ4v) is 7.91. The number of allylic oxidation sites excluding steroid dienone is 2. The van der Waals surface area contributed by atoms with Crippen LogP contribution in [0.25, 0.3) is 0 Å². The Kier molecular flexibility index (Phi) is 6.24. The molecular formula is C25H23BrCl2N2O7. The number of carbonyl (C=O) groups excluding carboxylic acids is 4. The Hall–Kier alpha value is -2.43. The minimum Gasteiger partial charge on any atom is -0.508 e. The van der Waals surface area contributed by atoms with Crippen molar-refractivity contribution in [1.29, 1.82) is 0 Å². The summed E-state index contributed by atoms with van der Waals surface area (Å²) in [5.41, 5.74) is 0.848. The summed E-state index contributed by atoms with van der Waals surface area (Å²) in [4.78, 5) is 62.6. The van der Waals surface area contributed by atoms with Crippen LogP contribution in [0.15, 0.2) is 34.3 Å². The summed E-state index contributed by atoms with van der Waals surface area (Å²) in [6, 6.07) is 4.65. The van der Waals surface area contributed by atoms with Gasteiger partial charge in [0.1, 0.15) is 5.75 Å². The molecular weight excluding hydrogens is 591 g/mol. The van der Waals surface area contributed by atoms with Crippen LogP contribution < -0.4 is 0 Å². The molecule has 2 aliphatic heterocycles. The normalized spacial score (nSPS) is 34.9. The van der Waals surface area contributed by atoms with Gasteiger partial charge in [0.05, 0.1) is 11.8 Å². The number of aliphatic carboxylic acids is 1. The minimum absolute atomic E-state index is 0.0273. The van der Waals surface area contributed by atoms with Crippen molar-refractivity contribution in [3.63, 3.8) is 0 Å². The number of benzene rings is 1. The average Bonchev–Trinajstić information content (AvgIpc) is 3.16. The number of phenols is 1. The highest BCUT2D eigenvalue weighted by Crippen LogP contribution is 2.66. The van der Waals surface area contributed by atoms with Gasteiger partial charge in [0.15, 0.2) is 9.75 Å². The highest BCUT2D eigenvalue weighted by atomic mass is 79.9. The summed E-state index contributed by atoms with van der Waals surface area (Å²) in [7, 11) is 1.30. The van der Waals surface area contributed by atoms with E-state index in [-0.39, 0.29) is 43.5 Å². The Labute approximate surface area is 230 Å². The highest BCUT2D eigenvalue weighted by Gasteiger charge is 2.76. The van der Waals surface area contributed by atoms with Gasteiger partial charge in [-0.3, -0.25) is 33.8 Å². The van der Waals surface area contributed by atoms with Gasteiger partial charge in [0.2, 0.25) is 11.8 Å². The van der Waals surface area contributed by atoms with Gasteiger partial charge >= 0.3 is 5.97 Å². The molecule has 1 saturated carbocycles. The van der Waals surface area contributed by atoms with Crippen LogP contribution in [0.5, 0.6) is 5.75 Å². The SMILES string of the molecule is CN1C(=O)[C@]2(Cl)C[C@@H]3C(=CC[C@@H]4C(=O)N(CCCC(=O)O)C(=O)[C@@H]43)[C@H](c3cc(Br)ccc3O)[C@]2(Cl)C1=O. The number of carboxylic acid groups (broad SMARTS) is 1. The number of aromatic hydroxyl groups is 1. The molecule has 2 saturated heterocycles. The second-order valence-corrected chi connectivity index (χ2v) is 12.2. The van der Waals surface area contributed by atoms with Gasteiger partial charge in [-0.15, -0.1) is 23.2 Å². The molecule has 0 spiro atoms. The Morgan fingerprint density at radius 1 is 1.14 bits per heavy atom. The van der Waals surface area contributed by atoms with E-state index in [4.69, 9.17) is 28.3 Å². The predicted molar refractivity (Wildman–Crippen MR) is 135 cm³/mol. The van der Waals surface area contributed by atoms with E-state index in [0.717, 1.165) is 9.80 Å². The molecule has 3 fully saturated rings. The van der Waals surface area contributed by atoms with Crippen LogP contribution in [0.4, 0.5) is 0 Å². The minimum atomic E-state index is -1.97. The Bertz CT molecular complexity index is 1300. The maximum atomic E-state index is 13.6. The van der Waals surface area contributed by atoms with Crippen molar-refractivity contribution < 1.29 is 34.2 Å². The number of likely N-dealkylation sites (tertiary alicyclic amines) is 2. The number of alkyl halides is 2. The molecule has 12 heteroatoms. The highest BCUT2D eigenvalue weighted by molar-refractivity contribution is 9.10. The maximum absolute atomic E-state index is 13.6. The maximum Gasteiger partial charge on any atom is 0.303 e. The molecule has 0 bridgehead atoms. The van der Waals surface area contributed by atoms with Crippen molar-refractivity contribution in [2.45, 2.75) is 41.3 Å². The number of rotatable bonds is 5. The summed E-state index contributed by atoms with van der Waals surface area (Å²) in [6.45, 7) is -0.0273. The van der Waals surface area contributed by atoms with Gasteiger partial charge in [-0.25, -0.2) is 0 Å². The molecule has 37 heavy (non-hydrogen) atoms. The molecule has 1 aromatic carbocycles. The van der Waals surface area contributed by atoms with Gasteiger partial charge in [-0.2, -0.15) is 0 Å². The lowest BCUT2D eigenvalue weighted by Gasteiger charge is -2.50. The van der Waals surface area contributed by atoms with E-state index in [0.29, 0.717) is 10.0 Å². The first-order valence-corrected chi connectivity index (χ1v) is 13.3. The number of phenolic OH excluding ortho intramolecular Hbond substituents is 1. The molecule has 6 atom stereocenters. The van der Waals surface area contributed by atoms with Crippen molar-refractivity contribution in [1.82, 2.24) is 9.80 Å². The van der Waals surface area contributed by atoms with Crippen LogP contribution in [0, 0.1) is 17.8 Å². The number of fused-ring (bicyclic) bond motifs is 4. The van der Waals surface area contributed by atoms with E-state index < -0.39 is 63.0 Å². The lowest BCUT2D eigenvalue weighted by Crippen LogP contribution is -2.60. The lowest BCUT2D eigenvalue weighted by molar-refractivity contribution is -0.142. The van der Waals surface area contributed by atoms with E-state index >= 15 is 0 Å². The fourth-order valence-electron chi connectivity index (χ4n) is 6.52. The molecule has 2 N–H and O–H groups in total. The third-order valence-corrected chi connectivity index (χ3v) is 10.1. The lowest BCUT2D eigenvalue weighted by atomic mass is 9.56. The second-order valence-electron chi connectivity index (χ2n) is 10.0.